The summed E-state index contributed by atoms with van der Waals surface area (Å²) in [7, 11) is 1.85. The Morgan fingerprint density at radius 2 is 2.00 bits per heavy atom. The predicted molar refractivity (Wildman–Crippen MR) is 80.9 cm³/mol. The Balaban J connectivity index is 2.12. The molecular formula is C15H23N3O2. The molecule has 110 valence electrons. The van der Waals surface area contributed by atoms with Crippen LogP contribution in [0.5, 0.6) is 0 Å². The van der Waals surface area contributed by atoms with E-state index >= 15 is 0 Å². The number of hydrogen-bond donors (Lipinski definition) is 1. The summed E-state index contributed by atoms with van der Waals surface area (Å²) >= 11 is 0. The van der Waals surface area contributed by atoms with Gasteiger partial charge in [0.1, 0.15) is 0 Å². The summed E-state index contributed by atoms with van der Waals surface area (Å²) in [6, 6.07) is 5.03. The largest absolute Gasteiger partial charge is 0.388 e. The van der Waals surface area contributed by atoms with Gasteiger partial charge in [0.2, 0.25) is 0 Å². The van der Waals surface area contributed by atoms with Crippen LogP contribution >= 0.6 is 0 Å². The van der Waals surface area contributed by atoms with Crippen LogP contribution in [0.2, 0.25) is 0 Å². The smallest absolute Gasteiger partial charge is 0.269 e. The van der Waals surface area contributed by atoms with Crippen LogP contribution in [0.1, 0.15) is 32.3 Å². The summed E-state index contributed by atoms with van der Waals surface area (Å²) in [5, 5.41) is 14.0. The van der Waals surface area contributed by atoms with E-state index in [1.807, 2.05) is 7.05 Å². The molecule has 2 rings (SSSR count). The molecule has 1 aromatic rings. The highest BCUT2D eigenvalue weighted by molar-refractivity contribution is 5.55. The molecule has 0 unspecified atom stereocenters. The molecule has 0 aliphatic carbocycles. The fourth-order valence-electron chi connectivity index (χ4n) is 2.63. The number of nitrogens with zero attached hydrogens (tertiary/aromatic N) is 2. The molecule has 1 aliphatic heterocycles. The molecule has 0 saturated carbocycles. The van der Waals surface area contributed by atoms with Crippen LogP contribution in [0.3, 0.4) is 0 Å². The van der Waals surface area contributed by atoms with Crippen LogP contribution < -0.4 is 5.32 Å². The first-order chi connectivity index (χ1) is 9.41. The second kappa shape index (κ2) is 5.79. The van der Waals surface area contributed by atoms with Crippen molar-refractivity contribution in [2.75, 3.05) is 25.5 Å². The first-order valence-corrected chi connectivity index (χ1v) is 7.09. The van der Waals surface area contributed by atoms with Crippen molar-refractivity contribution in [2.24, 2.45) is 5.41 Å². The second-order valence-corrected chi connectivity index (χ2v) is 6.29. The van der Waals surface area contributed by atoms with Gasteiger partial charge in [0.25, 0.3) is 5.69 Å². The molecule has 5 heteroatoms. The molecule has 0 bridgehead atoms. The summed E-state index contributed by atoms with van der Waals surface area (Å²) in [5.41, 5.74) is 2.56. The highest BCUT2D eigenvalue weighted by atomic mass is 16.6. The zero-order chi connectivity index (χ0) is 14.8. The van der Waals surface area contributed by atoms with Gasteiger partial charge in [0, 0.05) is 31.4 Å². The number of rotatable bonds is 4. The van der Waals surface area contributed by atoms with E-state index in [9.17, 15) is 10.1 Å². The van der Waals surface area contributed by atoms with Crippen molar-refractivity contribution in [3.8, 4) is 0 Å². The van der Waals surface area contributed by atoms with Gasteiger partial charge in [0.15, 0.2) is 0 Å². The highest BCUT2D eigenvalue weighted by Crippen LogP contribution is 2.31. The van der Waals surface area contributed by atoms with Gasteiger partial charge in [-0.15, -0.1) is 0 Å². The van der Waals surface area contributed by atoms with E-state index in [0.717, 1.165) is 30.9 Å². The van der Waals surface area contributed by atoms with Gasteiger partial charge in [-0.25, -0.2) is 0 Å². The number of likely N-dealkylation sites (tertiary alicyclic amines) is 1. The number of non-ortho nitro benzene ring substituents is 1. The number of nitrogens with one attached hydrogen (secondary N) is 1. The Bertz CT molecular complexity index is 490. The number of nitro benzene ring substituents is 1. The summed E-state index contributed by atoms with van der Waals surface area (Å²) < 4.78 is 0. The minimum absolute atomic E-state index is 0.163. The van der Waals surface area contributed by atoms with Crippen molar-refractivity contribution in [1.82, 2.24) is 4.90 Å². The number of piperidine rings is 1. The Morgan fingerprint density at radius 1 is 1.35 bits per heavy atom. The van der Waals surface area contributed by atoms with Crippen LogP contribution in [0.15, 0.2) is 18.2 Å². The zero-order valence-corrected chi connectivity index (χ0v) is 12.5. The maximum absolute atomic E-state index is 10.9. The highest BCUT2D eigenvalue weighted by Gasteiger charge is 2.25. The third-order valence-corrected chi connectivity index (χ3v) is 4.17. The Kier molecular flexibility index (Phi) is 4.28. The van der Waals surface area contributed by atoms with Crippen molar-refractivity contribution in [2.45, 2.75) is 33.2 Å². The van der Waals surface area contributed by atoms with Crippen molar-refractivity contribution in [3.05, 3.63) is 33.9 Å². The minimum Gasteiger partial charge on any atom is -0.388 e. The van der Waals surface area contributed by atoms with E-state index in [2.05, 4.69) is 24.1 Å². The lowest BCUT2D eigenvalue weighted by Gasteiger charge is -2.37. The topological polar surface area (TPSA) is 58.4 Å². The standard InChI is InChI=1S/C15H23N3O2/c1-15(2)6-8-17(9-7-15)11-12-10-13(18(19)20)4-5-14(12)16-3/h4-5,10,16H,6-9,11H2,1-3H3. The molecule has 5 nitrogen and oxygen atoms in total. The lowest BCUT2D eigenvalue weighted by Crippen LogP contribution is -2.36. The van der Waals surface area contributed by atoms with E-state index in [4.69, 9.17) is 0 Å². The first-order valence-electron chi connectivity index (χ1n) is 7.09. The average Bonchev–Trinajstić information content (AvgIpc) is 2.41. The average molecular weight is 277 g/mol. The van der Waals surface area contributed by atoms with Gasteiger partial charge in [-0.2, -0.15) is 0 Å². The quantitative estimate of drug-likeness (QED) is 0.678. The second-order valence-electron chi connectivity index (χ2n) is 6.29. The van der Waals surface area contributed by atoms with Crippen molar-refractivity contribution >= 4 is 11.4 Å². The molecule has 1 saturated heterocycles. The Morgan fingerprint density at radius 3 is 2.55 bits per heavy atom. The molecule has 1 N–H and O–H groups in total. The van der Waals surface area contributed by atoms with E-state index in [1.54, 1.807) is 18.2 Å². The van der Waals surface area contributed by atoms with Crippen LogP contribution in [0.25, 0.3) is 0 Å². The lowest BCUT2D eigenvalue weighted by atomic mass is 9.82. The van der Waals surface area contributed by atoms with E-state index in [1.165, 1.54) is 12.8 Å². The minimum atomic E-state index is -0.331. The molecule has 0 amide bonds. The number of nitro groups is 1. The van der Waals surface area contributed by atoms with Gasteiger partial charge in [-0.1, -0.05) is 13.8 Å². The molecule has 1 heterocycles. The summed E-state index contributed by atoms with van der Waals surface area (Å²) in [4.78, 5) is 13.0. The SMILES string of the molecule is CNc1ccc([N+](=O)[O-])cc1CN1CCC(C)(C)CC1. The summed E-state index contributed by atoms with van der Waals surface area (Å²) in [6.07, 6.45) is 2.35. The molecule has 0 spiro atoms. The van der Waals surface area contributed by atoms with E-state index in [0.29, 0.717) is 5.41 Å². The fraction of sp³-hybridized carbons (Fsp3) is 0.600. The van der Waals surface area contributed by atoms with Crippen LogP contribution in [0.4, 0.5) is 11.4 Å². The predicted octanol–water partition coefficient (Wildman–Crippen LogP) is 3.26. The van der Waals surface area contributed by atoms with E-state index in [-0.39, 0.29) is 10.6 Å². The van der Waals surface area contributed by atoms with Crippen LogP contribution in [-0.2, 0) is 6.54 Å². The molecule has 1 fully saturated rings. The normalized spacial score (nSPS) is 18.8. The molecule has 1 aromatic carbocycles. The lowest BCUT2D eigenvalue weighted by molar-refractivity contribution is -0.384. The molecule has 0 aromatic heterocycles. The molecular weight excluding hydrogens is 254 g/mol. The number of anilines is 1. The fourth-order valence-corrected chi connectivity index (χ4v) is 2.63. The van der Waals surface area contributed by atoms with Crippen LogP contribution in [-0.4, -0.2) is 30.0 Å². The Labute approximate surface area is 120 Å². The van der Waals surface area contributed by atoms with E-state index < -0.39 is 0 Å². The molecule has 0 radical (unpaired) electrons. The third kappa shape index (κ3) is 3.48. The summed E-state index contributed by atoms with van der Waals surface area (Å²) in [5.74, 6) is 0. The Hall–Kier alpha value is -1.62. The maximum Gasteiger partial charge on any atom is 0.269 e. The summed E-state index contributed by atoms with van der Waals surface area (Å²) in [6.45, 7) is 7.49. The number of hydrogen-bond acceptors (Lipinski definition) is 4. The maximum atomic E-state index is 10.9. The van der Waals surface area contributed by atoms with Gasteiger partial charge in [-0.3, -0.25) is 15.0 Å². The monoisotopic (exact) mass is 277 g/mol. The van der Waals surface area contributed by atoms with Crippen molar-refractivity contribution in [1.29, 1.82) is 0 Å². The molecule has 0 atom stereocenters. The van der Waals surface area contributed by atoms with Gasteiger partial charge >= 0.3 is 0 Å². The van der Waals surface area contributed by atoms with Crippen molar-refractivity contribution in [3.63, 3.8) is 0 Å². The van der Waals surface area contributed by atoms with Gasteiger partial charge < -0.3 is 5.32 Å². The van der Waals surface area contributed by atoms with Crippen molar-refractivity contribution < 1.29 is 4.92 Å². The zero-order valence-electron chi connectivity index (χ0n) is 12.5. The first kappa shape index (κ1) is 14.8. The van der Waals surface area contributed by atoms with Gasteiger partial charge in [-0.05, 0) is 43.0 Å². The number of benzene rings is 1. The molecule has 20 heavy (non-hydrogen) atoms. The molecule has 1 aliphatic rings. The third-order valence-electron chi connectivity index (χ3n) is 4.17. The van der Waals surface area contributed by atoms with Crippen LogP contribution in [0, 0.1) is 15.5 Å². The van der Waals surface area contributed by atoms with Gasteiger partial charge in [0.05, 0.1) is 4.92 Å².